The Hall–Kier alpha value is -1.92. The maximum Gasteiger partial charge on any atom is 0.325 e. The molecule has 0 saturated carbocycles. The van der Waals surface area contributed by atoms with Gasteiger partial charge < -0.3 is 10.1 Å². The highest BCUT2D eigenvalue weighted by Crippen LogP contribution is 2.19. The average Bonchev–Trinajstić information content (AvgIpc) is 2.53. The minimum absolute atomic E-state index is 0.0988. The van der Waals surface area contributed by atoms with Crippen LogP contribution in [0.4, 0.5) is 4.39 Å². The Morgan fingerprint density at radius 3 is 2.52 bits per heavy atom. The Morgan fingerprint density at radius 2 is 1.87 bits per heavy atom. The van der Waals surface area contributed by atoms with Gasteiger partial charge in [0.05, 0.1) is 5.02 Å². The largest absolute Gasteiger partial charge is 0.459 e. The summed E-state index contributed by atoms with van der Waals surface area (Å²) in [6.07, 6.45) is 0. The number of hydrogen-bond donors (Lipinski definition) is 1. The number of carbonyl (C=O) groups is 2. The Bertz CT molecular complexity index is 702. The van der Waals surface area contributed by atoms with Gasteiger partial charge in [0, 0.05) is 15.6 Å². The van der Waals surface area contributed by atoms with E-state index in [0.717, 1.165) is 4.47 Å². The molecule has 0 radical (unpaired) electrons. The topological polar surface area (TPSA) is 55.4 Å². The van der Waals surface area contributed by atoms with Crippen LogP contribution in [0, 0.1) is 5.82 Å². The molecule has 0 fully saturated rings. The SMILES string of the molecule is O=C(CNC(=O)c1ccc(Br)cc1)OCc1c(F)cccc1Cl. The molecule has 0 saturated heterocycles. The molecule has 0 aliphatic rings. The number of esters is 1. The number of nitrogens with one attached hydrogen (secondary N) is 1. The van der Waals surface area contributed by atoms with Crippen LogP contribution in [0.3, 0.4) is 0 Å². The monoisotopic (exact) mass is 399 g/mol. The van der Waals surface area contributed by atoms with E-state index in [1.807, 2.05) is 0 Å². The molecule has 0 atom stereocenters. The van der Waals surface area contributed by atoms with E-state index in [0.29, 0.717) is 5.56 Å². The maximum absolute atomic E-state index is 13.5. The first-order valence-corrected chi connectivity index (χ1v) is 7.77. The van der Waals surface area contributed by atoms with Crippen LogP contribution in [0.1, 0.15) is 15.9 Å². The van der Waals surface area contributed by atoms with E-state index < -0.39 is 17.7 Å². The third-order valence-corrected chi connectivity index (χ3v) is 3.82. The summed E-state index contributed by atoms with van der Waals surface area (Å²) in [6.45, 7) is -0.612. The summed E-state index contributed by atoms with van der Waals surface area (Å²) in [4.78, 5) is 23.4. The lowest BCUT2D eigenvalue weighted by Gasteiger charge is -2.08. The van der Waals surface area contributed by atoms with Crippen LogP contribution < -0.4 is 5.32 Å². The second-order valence-electron chi connectivity index (χ2n) is 4.55. The summed E-state index contributed by atoms with van der Waals surface area (Å²) in [5, 5.41) is 2.61. The van der Waals surface area contributed by atoms with Crippen molar-refractivity contribution in [1.82, 2.24) is 5.32 Å². The zero-order valence-electron chi connectivity index (χ0n) is 11.8. The van der Waals surface area contributed by atoms with Gasteiger partial charge in [0.2, 0.25) is 0 Å². The number of amides is 1. The van der Waals surface area contributed by atoms with E-state index >= 15 is 0 Å². The highest BCUT2D eigenvalue weighted by atomic mass is 79.9. The van der Waals surface area contributed by atoms with Crippen molar-refractivity contribution in [2.45, 2.75) is 6.61 Å². The minimum atomic E-state index is -0.685. The second kappa shape index (κ2) is 8.08. The van der Waals surface area contributed by atoms with Gasteiger partial charge in [-0.05, 0) is 36.4 Å². The molecule has 2 rings (SSSR count). The summed E-state index contributed by atoms with van der Waals surface area (Å²) in [7, 11) is 0. The smallest absolute Gasteiger partial charge is 0.325 e. The van der Waals surface area contributed by atoms with Gasteiger partial charge in [0.15, 0.2) is 0 Å². The number of carbonyl (C=O) groups excluding carboxylic acids is 2. The Morgan fingerprint density at radius 1 is 1.17 bits per heavy atom. The fourth-order valence-electron chi connectivity index (χ4n) is 1.73. The Labute approximate surface area is 145 Å². The van der Waals surface area contributed by atoms with Crippen molar-refractivity contribution in [1.29, 1.82) is 0 Å². The molecule has 1 amide bonds. The first-order chi connectivity index (χ1) is 11.0. The highest BCUT2D eigenvalue weighted by Gasteiger charge is 2.12. The lowest BCUT2D eigenvalue weighted by molar-refractivity contribution is -0.143. The van der Waals surface area contributed by atoms with Crippen molar-refractivity contribution in [2.24, 2.45) is 0 Å². The fraction of sp³-hybridized carbons (Fsp3) is 0.125. The van der Waals surface area contributed by atoms with Crippen molar-refractivity contribution in [2.75, 3.05) is 6.54 Å². The molecule has 120 valence electrons. The van der Waals surface area contributed by atoms with Crippen LogP contribution in [0.2, 0.25) is 5.02 Å². The van der Waals surface area contributed by atoms with Gasteiger partial charge in [0.25, 0.3) is 5.91 Å². The summed E-state index contributed by atoms with van der Waals surface area (Å²) in [5.74, 6) is -1.64. The lowest BCUT2D eigenvalue weighted by atomic mass is 10.2. The van der Waals surface area contributed by atoms with Crippen molar-refractivity contribution >= 4 is 39.4 Å². The van der Waals surface area contributed by atoms with Crippen LogP contribution in [0.15, 0.2) is 46.9 Å². The number of hydrogen-bond acceptors (Lipinski definition) is 3. The fourth-order valence-corrected chi connectivity index (χ4v) is 2.21. The van der Waals surface area contributed by atoms with Crippen molar-refractivity contribution in [3.63, 3.8) is 0 Å². The van der Waals surface area contributed by atoms with Gasteiger partial charge >= 0.3 is 5.97 Å². The lowest BCUT2D eigenvalue weighted by Crippen LogP contribution is -2.30. The van der Waals surface area contributed by atoms with Gasteiger partial charge in [-0.2, -0.15) is 0 Å². The average molecular weight is 401 g/mol. The van der Waals surface area contributed by atoms with Gasteiger partial charge in [-0.25, -0.2) is 4.39 Å². The molecule has 0 aromatic heterocycles. The number of benzene rings is 2. The first kappa shape index (κ1) is 17.4. The van der Waals surface area contributed by atoms with Gasteiger partial charge in [0.1, 0.15) is 19.0 Å². The normalized spacial score (nSPS) is 10.2. The minimum Gasteiger partial charge on any atom is -0.459 e. The summed E-state index contributed by atoms with van der Waals surface area (Å²) >= 11 is 9.09. The predicted octanol–water partition coefficient (Wildman–Crippen LogP) is 3.71. The van der Waals surface area contributed by atoms with Crippen molar-refractivity contribution in [3.8, 4) is 0 Å². The van der Waals surface area contributed by atoms with E-state index in [9.17, 15) is 14.0 Å². The maximum atomic E-state index is 13.5. The molecule has 0 heterocycles. The van der Waals surface area contributed by atoms with Crippen molar-refractivity contribution < 1.29 is 18.7 Å². The molecule has 1 N–H and O–H groups in total. The third-order valence-electron chi connectivity index (χ3n) is 2.94. The third kappa shape index (κ3) is 5.04. The number of ether oxygens (including phenoxy) is 1. The second-order valence-corrected chi connectivity index (χ2v) is 5.87. The molecule has 2 aromatic carbocycles. The van der Waals surface area contributed by atoms with Gasteiger partial charge in [-0.15, -0.1) is 0 Å². The summed E-state index contributed by atoms with van der Waals surface area (Å²) < 4.78 is 19.3. The van der Waals surface area contributed by atoms with Crippen LogP contribution in [-0.2, 0) is 16.1 Å². The number of rotatable bonds is 5. The van der Waals surface area contributed by atoms with E-state index in [1.165, 1.54) is 18.2 Å². The molecule has 2 aromatic rings. The quantitative estimate of drug-likeness (QED) is 0.779. The van der Waals surface area contributed by atoms with Gasteiger partial charge in [-0.3, -0.25) is 9.59 Å². The molecule has 23 heavy (non-hydrogen) atoms. The standard InChI is InChI=1S/C16H12BrClFNO3/c17-11-6-4-10(5-7-11)16(22)20-8-15(21)23-9-12-13(18)2-1-3-14(12)19/h1-7H,8-9H2,(H,20,22). The Kier molecular flexibility index (Phi) is 6.12. The van der Waals surface area contributed by atoms with E-state index in [-0.39, 0.29) is 23.7 Å². The summed E-state index contributed by atoms with van der Waals surface area (Å²) in [5.41, 5.74) is 0.514. The molecular weight excluding hydrogens is 389 g/mol. The predicted molar refractivity (Wildman–Crippen MR) is 87.7 cm³/mol. The molecule has 4 nitrogen and oxygen atoms in total. The molecule has 0 bridgehead atoms. The number of halogens is 3. The zero-order chi connectivity index (χ0) is 16.8. The van der Waals surface area contributed by atoms with Crippen molar-refractivity contribution in [3.05, 3.63) is 68.9 Å². The highest BCUT2D eigenvalue weighted by molar-refractivity contribution is 9.10. The Balaban J connectivity index is 1.83. The summed E-state index contributed by atoms with van der Waals surface area (Å²) in [6, 6.07) is 10.9. The van der Waals surface area contributed by atoms with E-state index in [4.69, 9.17) is 16.3 Å². The first-order valence-electron chi connectivity index (χ1n) is 6.59. The van der Waals surface area contributed by atoms with Gasteiger partial charge in [-0.1, -0.05) is 33.6 Å². The zero-order valence-corrected chi connectivity index (χ0v) is 14.2. The molecule has 0 spiro atoms. The molecule has 0 unspecified atom stereocenters. The van der Waals surface area contributed by atoms with E-state index in [2.05, 4.69) is 21.2 Å². The van der Waals surface area contributed by atoms with Crippen LogP contribution >= 0.6 is 27.5 Å². The molecule has 0 aliphatic heterocycles. The molecular formula is C16H12BrClFNO3. The van der Waals surface area contributed by atoms with Crippen LogP contribution in [0.5, 0.6) is 0 Å². The van der Waals surface area contributed by atoms with E-state index in [1.54, 1.807) is 24.3 Å². The molecule has 7 heteroatoms. The van der Waals surface area contributed by atoms with Crippen LogP contribution in [-0.4, -0.2) is 18.4 Å². The molecule has 0 aliphatic carbocycles. The van der Waals surface area contributed by atoms with Crippen LogP contribution in [0.25, 0.3) is 0 Å².